The molecule has 4 rings (SSSR count). The van der Waals surface area contributed by atoms with Crippen molar-refractivity contribution in [1.29, 1.82) is 0 Å². The third-order valence-electron chi connectivity index (χ3n) is 4.39. The van der Waals surface area contributed by atoms with Crippen molar-refractivity contribution in [3.05, 3.63) is 53.7 Å². The van der Waals surface area contributed by atoms with Crippen LogP contribution in [0.5, 0.6) is 0 Å². The molecule has 1 aliphatic rings. The Hall–Kier alpha value is -2.42. The summed E-state index contributed by atoms with van der Waals surface area (Å²) in [5, 5.41) is 5.51. The molecule has 1 aromatic carbocycles. The van der Waals surface area contributed by atoms with E-state index < -0.39 is 0 Å². The molecule has 0 atom stereocenters. The number of carbonyl (C=O) groups is 1. The Bertz CT molecular complexity index is 970. The minimum atomic E-state index is -0.205. The molecule has 3 heterocycles. The second-order valence-electron chi connectivity index (χ2n) is 6.23. The molecule has 0 aliphatic carbocycles. The molecule has 0 spiro atoms. The Kier molecular flexibility index (Phi) is 5.90. The second kappa shape index (κ2) is 8.72. The molecule has 8 heteroatoms. The molecular formula is C20H20N4O2S2. The molecule has 2 aromatic heterocycles. The summed E-state index contributed by atoms with van der Waals surface area (Å²) in [7, 11) is 0. The van der Waals surface area contributed by atoms with Crippen LogP contribution in [0.25, 0.3) is 10.6 Å². The van der Waals surface area contributed by atoms with Crippen molar-refractivity contribution < 1.29 is 9.53 Å². The maximum Gasteiger partial charge on any atom is 0.275 e. The topological polar surface area (TPSA) is 67.4 Å². The molecule has 6 nitrogen and oxygen atoms in total. The first-order chi connectivity index (χ1) is 13.7. The SMILES string of the molecule is CSc1cccc(NC(=O)c2csc(-c3ccnc(N4CCOCC4)c3)n2)c1. The number of hydrogen-bond donors (Lipinski definition) is 1. The highest BCUT2D eigenvalue weighted by molar-refractivity contribution is 7.98. The van der Waals surface area contributed by atoms with Crippen LogP contribution in [0.3, 0.4) is 0 Å². The average molecular weight is 413 g/mol. The highest BCUT2D eigenvalue weighted by Crippen LogP contribution is 2.27. The summed E-state index contributed by atoms with van der Waals surface area (Å²) in [5.41, 5.74) is 2.15. The van der Waals surface area contributed by atoms with Gasteiger partial charge in [-0.3, -0.25) is 4.79 Å². The molecular weight excluding hydrogens is 392 g/mol. The van der Waals surface area contributed by atoms with Gasteiger partial charge in [-0.25, -0.2) is 9.97 Å². The van der Waals surface area contributed by atoms with Gasteiger partial charge in [0.05, 0.1) is 13.2 Å². The lowest BCUT2D eigenvalue weighted by atomic mass is 10.2. The molecule has 1 N–H and O–H groups in total. The van der Waals surface area contributed by atoms with Crippen LogP contribution in [0.2, 0.25) is 0 Å². The zero-order valence-electron chi connectivity index (χ0n) is 15.4. The Balaban J connectivity index is 1.50. The van der Waals surface area contributed by atoms with Crippen molar-refractivity contribution in [2.75, 3.05) is 42.8 Å². The monoisotopic (exact) mass is 412 g/mol. The lowest BCUT2D eigenvalue weighted by molar-refractivity contribution is 0.102. The number of aromatic nitrogens is 2. The zero-order valence-corrected chi connectivity index (χ0v) is 17.1. The van der Waals surface area contributed by atoms with Gasteiger partial charge in [0.15, 0.2) is 0 Å². The van der Waals surface area contributed by atoms with E-state index in [0.29, 0.717) is 18.9 Å². The van der Waals surface area contributed by atoms with Crippen molar-refractivity contribution in [3.63, 3.8) is 0 Å². The minimum absolute atomic E-state index is 0.205. The number of pyridine rings is 1. The van der Waals surface area contributed by atoms with Gasteiger partial charge in [0.2, 0.25) is 0 Å². The molecule has 0 unspecified atom stereocenters. The van der Waals surface area contributed by atoms with Gasteiger partial charge in [-0.2, -0.15) is 0 Å². The van der Waals surface area contributed by atoms with Crippen molar-refractivity contribution >= 4 is 40.5 Å². The van der Waals surface area contributed by atoms with Crippen molar-refractivity contribution in [2.45, 2.75) is 4.90 Å². The van der Waals surface area contributed by atoms with Crippen LogP contribution in [-0.2, 0) is 4.74 Å². The summed E-state index contributed by atoms with van der Waals surface area (Å²) < 4.78 is 5.40. The summed E-state index contributed by atoms with van der Waals surface area (Å²) in [6, 6.07) is 11.7. The number of thiazole rings is 1. The first kappa shape index (κ1) is 18.9. The maximum absolute atomic E-state index is 12.6. The number of nitrogens with zero attached hydrogens (tertiary/aromatic N) is 3. The maximum atomic E-state index is 12.6. The molecule has 0 radical (unpaired) electrons. The number of rotatable bonds is 5. The van der Waals surface area contributed by atoms with E-state index in [1.807, 2.05) is 42.7 Å². The van der Waals surface area contributed by atoms with Gasteiger partial charge in [0, 0.05) is 40.8 Å². The Morgan fingerprint density at radius 3 is 2.93 bits per heavy atom. The Morgan fingerprint density at radius 2 is 2.11 bits per heavy atom. The first-order valence-electron chi connectivity index (χ1n) is 8.93. The standard InChI is InChI=1S/C20H20N4O2S2/c1-27-16-4-2-3-15(12-16)22-19(25)17-13-28-20(23-17)14-5-6-21-18(11-14)24-7-9-26-10-8-24/h2-6,11-13H,7-10H2,1H3,(H,22,25). The average Bonchev–Trinajstić information content (AvgIpc) is 3.25. The minimum Gasteiger partial charge on any atom is -0.378 e. The third kappa shape index (κ3) is 4.35. The fraction of sp³-hybridized carbons (Fsp3) is 0.250. The molecule has 1 fully saturated rings. The van der Waals surface area contributed by atoms with E-state index in [-0.39, 0.29) is 5.91 Å². The highest BCUT2D eigenvalue weighted by Gasteiger charge is 2.16. The van der Waals surface area contributed by atoms with E-state index in [0.717, 1.165) is 40.1 Å². The predicted octanol–water partition coefficient (Wildman–Crippen LogP) is 4.02. The van der Waals surface area contributed by atoms with Gasteiger partial charge < -0.3 is 15.0 Å². The van der Waals surface area contributed by atoms with Crippen molar-refractivity contribution in [1.82, 2.24) is 9.97 Å². The number of benzene rings is 1. The van der Waals surface area contributed by atoms with Crippen molar-refractivity contribution in [2.24, 2.45) is 0 Å². The Labute approximate surface area is 172 Å². The zero-order chi connectivity index (χ0) is 19.3. The van der Waals surface area contributed by atoms with E-state index in [9.17, 15) is 4.79 Å². The lowest BCUT2D eigenvalue weighted by Gasteiger charge is -2.27. The summed E-state index contributed by atoms with van der Waals surface area (Å²) in [5.74, 6) is 0.707. The van der Waals surface area contributed by atoms with Crippen molar-refractivity contribution in [3.8, 4) is 10.6 Å². The van der Waals surface area contributed by atoms with E-state index in [4.69, 9.17) is 4.74 Å². The van der Waals surface area contributed by atoms with Gasteiger partial charge in [0.25, 0.3) is 5.91 Å². The highest BCUT2D eigenvalue weighted by atomic mass is 32.2. The quantitative estimate of drug-likeness (QED) is 0.639. The fourth-order valence-corrected chi connectivity index (χ4v) is 4.18. The van der Waals surface area contributed by atoms with Crippen LogP contribution in [0.4, 0.5) is 11.5 Å². The predicted molar refractivity (Wildman–Crippen MR) is 115 cm³/mol. The third-order valence-corrected chi connectivity index (χ3v) is 6.01. The summed E-state index contributed by atoms with van der Waals surface area (Å²) in [6.07, 6.45) is 3.79. The smallest absolute Gasteiger partial charge is 0.275 e. The number of anilines is 2. The number of thioether (sulfide) groups is 1. The normalized spacial score (nSPS) is 14.1. The van der Waals surface area contributed by atoms with Gasteiger partial charge in [0.1, 0.15) is 16.5 Å². The lowest BCUT2D eigenvalue weighted by Crippen LogP contribution is -2.36. The molecule has 144 valence electrons. The first-order valence-corrected chi connectivity index (χ1v) is 11.0. The number of ether oxygens (including phenoxy) is 1. The van der Waals surface area contributed by atoms with Gasteiger partial charge in [-0.1, -0.05) is 6.07 Å². The van der Waals surface area contributed by atoms with Gasteiger partial charge in [-0.05, 0) is 36.6 Å². The summed E-state index contributed by atoms with van der Waals surface area (Å²) in [6.45, 7) is 3.09. The van der Waals surface area contributed by atoms with E-state index in [1.165, 1.54) is 11.3 Å². The largest absolute Gasteiger partial charge is 0.378 e. The second-order valence-corrected chi connectivity index (χ2v) is 7.96. The Morgan fingerprint density at radius 1 is 1.25 bits per heavy atom. The molecule has 1 saturated heterocycles. The van der Waals surface area contributed by atoms with Crippen LogP contribution in [-0.4, -0.2) is 48.4 Å². The van der Waals surface area contributed by atoms with Gasteiger partial charge in [-0.15, -0.1) is 23.1 Å². The molecule has 0 bridgehead atoms. The van der Waals surface area contributed by atoms with Crippen LogP contribution in [0.15, 0.2) is 52.9 Å². The van der Waals surface area contributed by atoms with Crippen LogP contribution >= 0.6 is 23.1 Å². The molecule has 1 aliphatic heterocycles. The number of nitrogens with one attached hydrogen (secondary N) is 1. The molecule has 28 heavy (non-hydrogen) atoms. The van der Waals surface area contributed by atoms with Crippen LogP contribution in [0.1, 0.15) is 10.5 Å². The molecule has 0 saturated carbocycles. The summed E-state index contributed by atoms with van der Waals surface area (Å²) >= 11 is 3.10. The number of carbonyl (C=O) groups excluding carboxylic acids is 1. The van der Waals surface area contributed by atoms with Gasteiger partial charge >= 0.3 is 0 Å². The summed E-state index contributed by atoms with van der Waals surface area (Å²) in [4.78, 5) is 24.9. The van der Waals surface area contributed by atoms with Crippen LogP contribution in [0, 0.1) is 0 Å². The number of morpholine rings is 1. The number of amides is 1. The fourth-order valence-electron chi connectivity index (χ4n) is 2.92. The molecule has 3 aromatic rings. The number of hydrogen-bond acceptors (Lipinski definition) is 7. The van der Waals surface area contributed by atoms with E-state index in [1.54, 1.807) is 23.3 Å². The molecule has 1 amide bonds. The van der Waals surface area contributed by atoms with Crippen LogP contribution < -0.4 is 10.2 Å². The van der Waals surface area contributed by atoms with E-state index in [2.05, 4.69) is 20.2 Å². The van der Waals surface area contributed by atoms with E-state index >= 15 is 0 Å².